The molecule has 0 N–H and O–H groups in total. The van der Waals surface area contributed by atoms with E-state index < -0.39 is 0 Å². The quantitative estimate of drug-likeness (QED) is 0.743. The second-order valence-corrected chi connectivity index (χ2v) is 6.39. The van der Waals surface area contributed by atoms with Crippen molar-refractivity contribution in [1.29, 1.82) is 0 Å². The molecule has 1 aromatic carbocycles. The van der Waals surface area contributed by atoms with Gasteiger partial charge < -0.3 is 9.47 Å². The summed E-state index contributed by atoms with van der Waals surface area (Å²) in [4.78, 5) is 14.9. The first-order chi connectivity index (χ1) is 10.1. The number of Topliss-reactive ketones (excluding diaryl/α,β-unsaturated/α-hetero) is 1. The van der Waals surface area contributed by atoms with Crippen LogP contribution in [0.2, 0.25) is 0 Å². The van der Waals surface area contributed by atoms with Crippen LogP contribution >= 0.6 is 0 Å². The van der Waals surface area contributed by atoms with Crippen molar-refractivity contribution in [3.05, 3.63) is 34.1 Å². The van der Waals surface area contributed by atoms with Crippen LogP contribution in [0.1, 0.15) is 48.2 Å². The zero-order chi connectivity index (χ0) is 14.7. The number of carbonyl (C=O) groups is 1. The summed E-state index contributed by atoms with van der Waals surface area (Å²) < 4.78 is 11.8. The summed E-state index contributed by atoms with van der Waals surface area (Å²) in [5.41, 5.74) is 3.59. The standard InChI is InChI=1S/C17H19NO3/c1-9(2)16-15(19)14-10(3)6-13-12(17(14)21-16)7-18(8-20-13)11-4-5-11/h6,11H,4-5,7-8H2,1-3H3. The Labute approximate surface area is 124 Å². The van der Waals surface area contributed by atoms with Crippen molar-refractivity contribution < 1.29 is 14.3 Å². The molecule has 110 valence electrons. The van der Waals surface area contributed by atoms with E-state index in [1.54, 1.807) is 0 Å². The minimum absolute atomic E-state index is 0.00819. The second-order valence-electron chi connectivity index (χ2n) is 6.39. The van der Waals surface area contributed by atoms with Gasteiger partial charge >= 0.3 is 0 Å². The summed E-state index contributed by atoms with van der Waals surface area (Å²) in [7, 11) is 0. The fourth-order valence-electron chi connectivity index (χ4n) is 3.14. The van der Waals surface area contributed by atoms with E-state index in [9.17, 15) is 4.79 Å². The van der Waals surface area contributed by atoms with Crippen LogP contribution in [-0.4, -0.2) is 23.5 Å². The first kappa shape index (κ1) is 12.9. The number of hydrogen-bond acceptors (Lipinski definition) is 4. The Hall–Kier alpha value is -1.81. The summed E-state index contributed by atoms with van der Waals surface area (Å²) in [5.74, 6) is 2.07. The van der Waals surface area contributed by atoms with Gasteiger partial charge in [0.25, 0.3) is 0 Å². The topological polar surface area (TPSA) is 38.8 Å². The van der Waals surface area contributed by atoms with Gasteiger partial charge in [0.2, 0.25) is 5.78 Å². The molecule has 0 aromatic heterocycles. The summed E-state index contributed by atoms with van der Waals surface area (Å²) in [5, 5.41) is 0. The number of ketones is 1. The van der Waals surface area contributed by atoms with Crippen molar-refractivity contribution in [2.45, 2.75) is 46.2 Å². The number of benzene rings is 1. The van der Waals surface area contributed by atoms with E-state index in [-0.39, 0.29) is 5.78 Å². The van der Waals surface area contributed by atoms with Crippen molar-refractivity contribution in [2.75, 3.05) is 6.73 Å². The van der Waals surface area contributed by atoms with Crippen LogP contribution < -0.4 is 9.47 Å². The van der Waals surface area contributed by atoms with Crippen molar-refractivity contribution in [1.82, 2.24) is 4.90 Å². The van der Waals surface area contributed by atoms with Crippen LogP contribution in [0.15, 0.2) is 17.4 Å². The Morgan fingerprint density at radius 3 is 2.76 bits per heavy atom. The van der Waals surface area contributed by atoms with E-state index in [0.717, 1.165) is 34.7 Å². The van der Waals surface area contributed by atoms with Crippen molar-refractivity contribution in [2.24, 2.45) is 0 Å². The Kier molecular flexibility index (Phi) is 2.67. The number of rotatable bonds is 1. The Morgan fingerprint density at radius 1 is 1.33 bits per heavy atom. The van der Waals surface area contributed by atoms with Gasteiger partial charge in [-0.15, -0.1) is 0 Å². The molecule has 21 heavy (non-hydrogen) atoms. The highest BCUT2D eigenvalue weighted by Gasteiger charge is 2.38. The summed E-state index contributed by atoms with van der Waals surface area (Å²) >= 11 is 0. The van der Waals surface area contributed by atoms with Gasteiger partial charge in [0.15, 0.2) is 5.76 Å². The molecule has 4 heteroatoms. The third-order valence-corrected chi connectivity index (χ3v) is 4.44. The third kappa shape index (κ3) is 1.89. The Bertz CT molecular complexity index is 682. The van der Waals surface area contributed by atoms with Crippen LogP contribution in [0.5, 0.6) is 11.5 Å². The van der Waals surface area contributed by atoms with Gasteiger partial charge in [0, 0.05) is 12.6 Å². The van der Waals surface area contributed by atoms with E-state index in [0.29, 0.717) is 24.1 Å². The molecule has 1 saturated carbocycles. The van der Waals surface area contributed by atoms with E-state index in [1.807, 2.05) is 26.8 Å². The highest BCUT2D eigenvalue weighted by molar-refractivity contribution is 6.14. The van der Waals surface area contributed by atoms with Crippen LogP contribution in [0, 0.1) is 6.92 Å². The maximum Gasteiger partial charge on any atom is 0.232 e. The molecule has 1 aromatic rings. The molecular weight excluding hydrogens is 266 g/mol. The van der Waals surface area contributed by atoms with Crippen LogP contribution in [0.25, 0.3) is 0 Å². The number of carbonyl (C=O) groups excluding carboxylic acids is 1. The fraction of sp³-hybridized carbons (Fsp3) is 0.471. The van der Waals surface area contributed by atoms with E-state index in [4.69, 9.17) is 9.47 Å². The third-order valence-electron chi connectivity index (χ3n) is 4.44. The molecule has 4 rings (SSSR count). The number of hydrogen-bond donors (Lipinski definition) is 0. The molecular formula is C17H19NO3. The van der Waals surface area contributed by atoms with E-state index in [2.05, 4.69) is 4.90 Å². The van der Waals surface area contributed by atoms with Crippen LogP contribution in [0.4, 0.5) is 0 Å². The predicted molar refractivity (Wildman–Crippen MR) is 78.6 cm³/mol. The molecule has 4 nitrogen and oxygen atoms in total. The first-order valence-electron chi connectivity index (χ1n) is 7.49. The van der Waals surface area contributed by atoms with Gasteiger partial charge in [-0.05, 0) is 50.8 Å². The highest BCUT2D eigenvalue weighted by Crippen LogP contribution is 2.45. The molecule has 1 fully saturated rings. The first-order valence-corrected chi connectivity index (χ1v) is 7.49. The number of ether oxygens (including phenoxy) is 2. The molecule has 0 radical (unpaired) electrons. The minimum Gasteiger partial charge on any atom is -0.478 e. The second kappa shape index (κ2) is 4.34. The maximum atomic E-state index is 12.5. The normalized spacial score (nSPS) is 20.7. The number of allylic oxidation sites excluding steroid dienone is 2. The number of fused-ring (bicyclic) bond motifs is 3. The molecule has 0 saturated heterocycles. The van der Waals surface area contributed by atoms with Crippen LogP contribution in [0.3, 0.4) is 0 Å². The number of aryl methyl sites for hydroxylation is 1. The molecule has 0 atom stereocenters. The Morgan fingerprint density at radius 2 is 2.10 bits per heavy atom. The lowest BCUT2D eigenvalue weighted by Crippen LogP contribution is -2.34. The maximum absolute atomic E-state index is 12.5. The largest absolute Gasteiger partial charge is 0.478 e. The smallest absolute Gasteiger partial charge is 0.232 e. The predicted octanol–water partition coefficient (Wildman–Crippen LogP) is 3.18. The van der Waals surface area contributed by atoms with Gasteiger partial charge in [-0.25, -0.2) is 0 Å². The summed E-state index contributed by atoms with van der Waals surface area (Å²) in [6, 6.07) is 2.61. The van der Waals surface area contributed by atoms with Crippen molar-refractivity contribution >= 4 is 5.78 Å². The number of nitrogens with zero attached hydrogens (tertiary/aromatic N) is 1. The lowest BCUT2D eigenvalue weighted by molar-refractivity contribution is 0.0867. The minimum atomic E-state index is 0.00819. The average molecular weight is 285 g/mol. The zero-order valence-corrected chi connectivity index (χ0v) is 12.7. The molecule has 0 bridgehead atoms. The monoisotopic (exact) mass is 285 g/mol. The van der Waals surface area contributed by atoms with Gasteiger partial charge in [-0.1, -0.05) is 0 Å². The zero-order valence-electron chi connectivity index (χ0n) is 12.7. The Balaban J connectivity index is 1.83. The van der Waals surface area contributed by atoms with Gasteiger partial charge in [-0.2, -0.15) is 0 Å². The van der Waals surface area contributed by atoms with Gasteiger partial charge in [0.05, 0.1) is 11.1 Å². The van der Waals surface area contributed by atoms with Crippen LogP contribution in [-0.2, 0) is 6.54 Å². The SMILES string of the molecule is CC(C)=C1Oc2c3c(cc(C)c2C1=O)OCN(C1CC1)C3. The summed E-state index contributed by atoms with van der Waals surface area (Å²) in [6.45, 7) is 7.22. The lowest BCUT2D eigenvalue weighted by Gasteiger charge is -2.30. The molecule has 0 spiro atoms. The van der Waals surface area contributed by atoms with Crippen molar-refractivity contribution in [3.63, 3.8) is 0 Å². The van der Waals surface area contributed by atoms with Gasteiger partial charge in [-0.3, -0.25) is 9.69 Å². The van der Waals surface area contributed by atoms with E-state index in [1.165, 1.54) is 12.8 Å². The van der Waals surface area contributed by atoms with E-state index >= 15 is 0 Å². The lowest BCUT2D eigenvalue weighted by atomic mass is 9.98. The molecule has 2 heterocycles. The van der Waals surface area contributed by atoms with Gasteiger partial charge in [0.1, 0.15) is 18.2 Å². The highest BCUT2D eigenvalue weighted by atomic mass is 16.5. The summed E-state index contributed by atoms with van der Waals surface area (Å²) in [6.07, 6.45) is 2.48. The molecule has 0 unspecified atom stereocenters. The fourth-order valence-corrected chi connectivity index (χ4v) is 3.14. The average Bonchev–Trinajstić information content (AvgIpc) is 3.22. The molecule has 2 aliphatic heterocycles. The van der Waals surface area contributed by atoms with Crippen molar-refractivity contribution in [3.8, 4) is 11.5 Å². The molecule has 1 aliphatic carbocycles. The molecule has 3 aliphatic rings. The molecule has 0 amide bonds.